The molecule has 4 nitrogen and oxygen atoms in total. The van der Waals surface area contributed by atoms with Crippen molar-refractivity contribution in [3.05, 3.63) is 23.2 Å². The van der Waals surface area contributed by atoms with Crippen LogP contribution in [0, 0.1) is 19.8 Å². The van der Waals surface area contributed by atoms with Crippen molar-refractivity contribution in [2.75, 3.05) is 19.6 Å². The largest absolute Gasteiger partial charge is 0.466 e. The summed E-state index contributed by atoms with van der Waals surface area (Å²) >= 11 is 0. The number of hydrogen-bond acceptors (Lipinski definition) is 3. The van der Waals surface area contributed by atoms with E-state index in [1.807, 2.05) is 24.8 Å². The fraction of sp³-hybridized carbons (Fsp3) is 0.688. The molecule has 0 spiro atoms. The maximum Gasteiger partial charge on any atom is 0.257 e. The fourth-order valence-corrected chi connectivity index (χ4v) is 3.65. The molecule has 2 aliphatic rings. The van der Waals surface area contributed by atoms with Gasteiger partial charge in [-0.3, -0.25) is 4.79 Å². The Bertz CT molecular complexity index is 489. The van der Waals surface area contributed by atoms with Crippen molar-refractivity contribution in [1.29, 1.82) is 0 Å². The smallest absolute Gasteiger partial charge is 0.257 e. The van der Waals surface area contributed by atoms with Gasteiger partial charge in [0.2, 0.25) is 0 Å². The Morgan fingerprint density at radius 2 is 2.20 bits per heavy atom. The van der Waals surface area contributed by atoms with E-state index in [1.54, 1.807) is 0 Å². The number of rotatable bonds is 2. The Hall–Kier alpha value is -1.29. The molecule has 1 N–H and O–H groups in total. The van der Waals surface area contributed by atoms with Gasteiger partial charge < -0.3 is 14.6 Å². The molecule has 1 aromatic heterocycles. The van der Waals surface area contributed by atoms with Gasteiger partial charge in [0.25, 0.3) is 5.91 Å². The van der Waals surface area contributed by atoms with Crippen molar-refractivity contribution < 1.29 is 9.21 Å². The van der Waals surface area contributed by atoms with Gasteiger partial charge in [-0.15, -0.1) is 0 Å². The van der Waals surface area contributed by atoms with Crippen LogP contribution >= 0.6 is 0 Å². The summed E-state index contributed by atoms with van der Waals surface area (Å²) in [7, 11) is 0. The van der Waals surface area contributed by atoms with Crippen LogP contribution in [0.15, 0.2) is 10.5 Å². The second kappa shape index (κ2) is 5.60. The fourth-order valence-electron chi connectivity index (χ4n) is 3.65. The van der Waals surface area contributed by atoms with Crippen molar-refractivity contribution in [3.63, 3.8) is 0 Å². The zero-order chi connectivity index (χ0) is 14.1. The van der Waals surface area contributed by atoms with Crippen LogP contribution < -0.4 is 5.32 Å². The van der Waals surface area contributed by atoms with Crippen LogP contribution in [-0.2, 0) is 0 Å². The van der Waals surface area contributed by atoms with E-state index in [2.05, 4.69) is 5.32 Å². The molecule has 3 rings (SSSR count). The molecule has 0 aromatic carbocycles. The van der Waals surface area contributed by atoms with E-state index in [0.717, 1.165) is 43.1 Å². The average molecular weight is 276 g/mol. The van der Waals surface area contributed by atoms with Crippen molar-refractivity contribution in [2.45, 2.75) is 45.6 Å². The topological polar surface area (TPSA) is 45.5 Å². The van der Waals surface area contributed by atoms with Crippen LogP contribution in [0.3, 0.4) is 0 Å². The number of aryl methyl sites for hydroxylation is 2. The molecule has 2 atom stereocenters. The molecular weight excluding hydrogens is 252 g/mol. The Morgan fingerprint density at radius 3 is 2.85 bits per heavy atom. The van der Waals surface area contributed by atoms with Gasteiger partial charge in [0, 0.05) is 19.1 Å². The Balaban J connectivity index is 1.70. The molecule has 2 aliphatic heterocycles. The van der Waals surface area contributed by atoms with Gasteiger partial charge in [0.1, 0.15) is 11.5 Å². The van der Waals surface area contributed by atoms with Gasteiger partial charge in [0.15, 0.2) is 0 Å². The van der Waals surface area contributed by atoms with Gasteiger partial charge >= 0.3 is 0 Å². The first-order chi connectivity index (χ1) is 9.65. The summed E-state index contributed by atoms with van der Waals surface area (Å²) < 4.78 is 5.49. The Morgan fingerprint density at radius 1 is 1.35 bits per heavy atom. The van der Waals surface area contributed by atoms with Gasteiger partial charge in [0.05, 0.1) is 5.56 Å². The highest BCUT2D eigenvalue weighted by atomic mass is 16.3. The van der Waals surface area contributed by atoms with Crippen LogP contribution in [0.2, 0.25) is 0 Å². The number of nitrogens with one attached hydrogen (secondary N) is 1. The van der Waals surface area contributed by atoms with E-state index in [4.69, 9.17) is 4.42 Å². The zero-order valence-corrected chi connectivity index (χ0v) is 12.4. The molecule has 0 radical (unpaired) electrons. The lowest BCUT2D eigenvalue weighted by Gasteiger charge is -2.35. The normalized spacial score (nSPS) is 27.0. The summed E-state index contributed by atoms with van der Waals surface area (Å²) in [6, 6.07) is 2.48. The summed E-state index contributed by atoms with van der Waals surface area (Å²) in [5, 5.41) is 3.58. The van der Waals surface area contributed by atoms with Gasteiger partial charge in [-0.25, -0.2) is 0 Å². The number of hydrogen-bond donors (Lipinski definition) is 1. The number of carbonyl (C=O) groups excluding carboxylic acids is 1. The average Bonchev–Trinajstić information content (AvgIpc) is 3.08. The van der Waals surface area contributed by atoms with Crippen LogP contribution in [0.5, 0.6) is 0 Å². The molecule has 2 saturated heterocycles. The monoisotopic (exact) mass is 276 g/mol. The van der Waals surface area contributed by atoms with E-state index in [1.165, 1.54) is 19.3 Å². The molecule has 20 heavy (non-hydrogen) atoms. The minimum absolute atomic E-state index is 0.141. The molecule has 4 heteroatoms. The molecule has 2 unspecified atom stereocenters. The minimum atomic E-state index is 0.141. The van der Waals surface area contributed by atoms with Gasteiger partial charge in [-0.2, -0.15) is 0 Å². The first kappa shape index (κ1) is 13.7. The number of amides is 1. The predicted molar refractivity (Wildman–Crippen MR) is 77.8 cm³/mol. The summed E-state index contributed by atoms with van der Waals surface area (Å²) in [6.45, 7) is 6.67. The quantitative estimate of drug-likeness (QED) is 0.902. The molecule has 1 amide bonds. The first-order valence-corrected chi connectivity index (χ1v) is 7.75. The van der Waals surface area contributed by atoms with E-state index >= 15 is 0 Å². The highest BCUT2D eigenvalue weighted by Gasteiger charge is 2.32. The summed E-state index contributed by atoms with van der Waals surface area (Å²) in [5.41, 5.74) is 0.738. The number of carbonyl (C=O) groups is 1. The molecule has 1 aromatic rings. The Labute approximate surface area is 120 Å². The van der Waals surface area contributed by atoms with Crippen molar-refractivity contribution in [2.24, 2.45) is 5.92 Å². The zero-order valence-electron chi connectivity index (χ0n) is 12.4. The Kier molecular flexibility index (Phi) is 3.83. The van der Waals surface area contributed by atoms with Crippen LogP contribution in [0.4, 0.5) is 0 Å². The van der Waals surface area contributed by atoms with E-state index in [0.29, 0.717) is 12.0 Å². The number of piperidine rings is 1. The lowest BCUT2D eigenvalue weighted by atomic mass is 9.89. The van der Waals surface area contributed by atoms with Gasteiger partial charge in [-0.05, 0) is 58.1 Å². The third kappa shape index (κ3) is 2.62. The summed E-state index contributed by atoms with van der Waals surface area (Å²) in [4.78, 5) is 14.7. The predicted octanol–water partition coefficient (Wildman–Crippen LogP) is 2.50. The lowest BCUT2D eigenvalue weighted by Crippen LogP contribution is -2.45. The molecular formula is C16H24N2O2. The second-order valence-corrected chi connectivity index (χ2v) is 6.18. The van der Waals surface area contributed by atoms with Crippen LogP contribution in [0.25, 0.3) is 0 Å². The maximum absolute atomic E-state index is 12.6. The van der Waals surface area contributed by atoms with E-state index < -0.39 is 0 Å². The molecule has 3 heterocycles. The van der Waals surface area contributed by atoms with Gasteiger partial charge in [-0.1, -0.05) is 0 Å². The van der Waals surface area contributed by atoms with E-state index in [9.17, 15) is 4.79 Å². The van der Waals surface area contributed by atoms with E-state index in [-0.39, 0.29) is 5.91 Å². The standard InChI is InChI=1S/C16H24N2O2/c1-11-9-14(12(2)20-11)16(19)18-8-4-5-13(10-18)15-6-3-7-17-15/h9,13,15,17H,3-8,10H2,1-2H3. The molecule has 0 saturated carbocycles. The molecule has 2 fully saturated rings. The van der Waals surface area contributed by atoms with Crippen LogP contribution in [-0.4, -0.2) is 36.5 Å². The minimum Gasteiger partial charge on any atom is -0.466 e. The molecule has 0 aliphatic carbocycles. The SMILES string of the molecule is Cc1cc(C(=O)N2CCCC(C3CCCN3)C2)c(C)o1. The second-order valence-electron chi connectivity index (χ2n) is 6.18. The third-order valence-corrected chi connectivity index (χ3v) is 4.68. The number of furan rings is 1. The van der Waals surface area contributed by atoms with Crippen molar-refractivity contribution in [3.8, 4) is 0 Å². The summed E-state index contributed by atoms with van der Waals surface area (Å²) in [6.07, 6.45) is 4.89. The summed E-state index contributed by atoms with van der Waals surface area (Å²) in [5.74, 6) is 2.32. The van der Waals surface area contributed by atoms with Crippen molar-refractivity contribution >= 4 is 5.91 Å². The van der Waals surface area contributed by atoms with Crippen LogP contribution in [0.1, 0.15) is 47.6 Å². The number of likely N-dealkylation sites (tertiary alicyclic amines) is 1. The third-order valence-electron chi connectivity index (χ3n) is 4.68. The molecule has 0 bridgehead atoms. The first-order valence-electron chi connectivity index (χ1n) is 7.75. The van der Waals surface area contributed by atoms with Crippen molar-refractivity contribution in [1.82, 2.24) is 10.2 Å². The highest BCUT2D eigenvalue weighted by Crippen LogP contribution is 2.26. The lowest BCUT2D eigenvalue weighted by molar-refractivity contribution is 0.0649. The molecule has 110 valence electrons. The number of nitrogens with zero attached hydrogens (tertiary/aromatic N) is 1. The maximum atomic E-state index is 12.6. The highest BCUT2D eigenvalue weighted by molar-refractivity contribution is 5.95.